The van der Waals surface area contributed by atoms with Gasteiger partial charge in [0.15, 0.2) is 11.1 Å². The summed E-state index contributed by atoms with van der Waals surface area (Å²) in [5, 5.41) is 21.2. The zero-order valence-corrected chi connectivity index (χ0v) is 21.9. The van der Waals surface area contributed by atoms with Gasteiger partial charge in [-0.1, -0.05) is 25.1 Å². The molecule has 12 heteroatoms. The zero-order valence-electron chi connectivity index (χ0n) is 21.1. The SMILES string of the molecule is CCc1cc(B(O)O)ccc1CCOC(=O)Nc1ccc(S(=O)O)c(CN(C)C(=O)OC(C)(C)C)c1. The van der Waals surface area contributed by atoms with Crippen molar-refractivity contribution in [1.82, 2.24) is 4.90 Å². The monoisotopic (exact) mass is 520 g/mol. The van der Waals surface area contributed by atoms with Gasteiger partial charge in [0, 0.05) is 19.2 Å². The largest absolute Gasteiger partial charge is 0.488 e. The maximum Gasteiger partial charge on any atom is 0.488 e. The topological polar surface area (TPSA) is 146 Å². The van der Waals surface area contributed by atoms with E-state index in [0.29, 0.717) is 29.6 Å². The lowest BCUT2D eigenvalue weighted by Gasteiger charge is -2.25. The van der Waals surface area contributed by atoms with Crippen LogP contribution in [0.2, 0.25) is 0 Å². The highest BCUT2D eigenvalue weighted by Crippen LogP contribution is 2.21. The molecule has 0 aromatic heterocycles. The van der Waals surface area contributed by atoms with Crippen LogP contribution < -0.4 is 10.8 Å². The first-order chi connectivity index (χ1) is 16.8. The van der Waals surface area contributed by atoms with Crippen molar-refractivity contribution in [2.45, 2.75) is 57.6 Å². The van der Waals surface area contributed by atoms with E-state index in [1.165, 1.54) is 30.1 Å². The fourth-order valence-electron chi connectivity index (χ4n) is 3.40. The lowest BCUT2D eigenvalue weighted by Crippen LogP contribution is -2.34. The second-order valence-corrected chi connectivity index (χ2v) is 10.1. The highest BCUT2D eigenvalue weighted by molar-refractivity contribution is 7.79. The summed E-state index contributed by atoms with van der Waals surface area (Å²) in [6.45, 7) is 7.23. The Bertz CT molecular complexity index is 1100. The molecular weight excluding hydrogens is 487 g/mol. The van der Waals surface area contributed by atoms with Gasteiger partial charge in [0.25, 0.3) is 0 Å². The number of anilines is 1. The Balaban J connectivity index is 2.03. The third kappa shape index (κ3) is 8.94. The maximum atomic E-state index is 12.3. The van der Waals surface area contributed by atoms with Crippen LogP contribution in [0.15, 0.2) is 41.3 Å². The van der Waals surface area contributed by atoms with Crippen LogP contribution in [0.4, 0.5) is 15.3 Å². The van der Waals surface area contributed by atoms with Crippen molar-refractivity contribution in [3.63, 3.8) is 0 Å². The van der Waals surface area contributed by atoms with Crippen LogP contribution in [0.1, 0.15) is 44.4 Å². The molecule has 0 heterocycles. The minimum absolute atomic E-state index is 0.0144. The Morgan fingerprint density at radius 3 is 2.36 bits per heavy atom. The van der Waals surface area contributed by atoms with Gasteiger partial charge < -0.3 is 29.0 Å². The van der Waals surface area contributed by atoms with Crippen molar-refractivity contribution in [3.05, 3.63) is 53.1 Å². The van der Waals surface area contributed by atoms with E-state index in [0.717, 1.165) is 11.1 Å². The van der Waals surface area contributed by atoms with Gasteiger partial charge in [-0.05, 0) is 67.5 Å². The highest BCUT2D eigenvalue weighted by atomic mass is 32.2. The molecule has 1 atom stereocenters. The highest BCUT2D eigenvalue weighted by Gasteiger charge is 2.21. The molecule has 196 valence electrons. The summed E-state index contributed by atoms with van der Waals surface area (Å²) >= 11 is -2.30. The van der Waals surface area contributed by atoms with E-state index < -0.39 is 36.0 Å². The summed E-state index contributed by atoms with van der Waals surface area (Å²) in [7, 11) is -0.0416. The Morgan fingerprint density at radius 1 is 1.08 bits per heavy atom. The molecule has 2 aromatic rings. The standard InChI is InChI=1S/C24H33BN2O8S/c1-6-16-13-19(25(30)31)8-7-17(16)11-12-34-22(28)26-20-9-10-21(36(32)33)18(14-20)15-27(5)23(29)35-24(2,3)4/h7-10,13-14,30-31H,6,11-12,15H2,1-5H3,(H,26,28)(H,32,33). The van der Waals surface area contributed by atoms with Crippen LogP contribution in [0.3, 0.4) is 0 Å². The molecule has 0 saturated carbocycles. The minimum Gasteiger partial charge on any atom is -0.449 e. The van der Waals surface area contributed by atoms with Crippen molar-refractivity contribution in [2.75, 3.05) is 19.0 Å². The molecule has 4 N–H and O–H groups in total. The van der Waals surface area contributed by atoms with Crippen molar-refractivity contribution in [3.8, 4) is 0 Å². The van der Waals surface area contributed by atoms with Crippen LogP contribution in [-0.2, 0) is 39.9 Å². The van der Waals surface area contributed by atoms with Crippen LogP contribution >= 0.6 is 0 Å². The fraction of sp³-hybridized carbons (Fsp3) is 0.417. The first-order valence-corrected chi connectivity index (χ1v) is 12.5. The lowest BCUT2D eigenvalue weighted by atomic mass is 9.78. The Morgan fingerprint density at radius 2 is 1.78 bits per heavy atom. The molecule has 0 aliphatic rings. The summed E-state index contributed by atoms with van der Waals surface area (Å²) in [5.74, 6) is 0. The number of rotatable bonds is 9. The quantitative estimate of drug-likeness (QED) is 0.292. The summed E-state index contributed by atoms with van der Waals surface area (Å²) < 4.78 is 32.0. The van der Waals surface area contributed by atoms with Crippen LogP contribution in [0, 0.1) is 0 Å². The van der Waals surface area contributed by atoms with Crippen LogP contribution in [-0.4, -0.2) is 62.3 Å². The molecule has 0 aliphatic carbocycles. The number of nitrogens with one attached hydrogen (secondary N) is 1. The van der Waals surface area contributed by atoms with Crippen LogP contribution in [0.5, 0.6) is 0 Å². The van der Waals surface area contributed by atoms with Gasteiger partial charge in [0.2, 0.25) is 0 Å². The molecule has 2 rings (SSSR count). The van der Waals surface area contributed by atoms with E-state index in [-0.39, 0.29) is 18.0 Å². The number of carbonyl (C=O) groups excluding carboxylic acids is 2. The second kappa shape index (κ2) is 12.9. The van der Waals surface area contributed by atoms with Crippen molar-refractivity contribution < 1.29 is 37.9 Å². The third-order valence-corrected chi connectivity index (χ3v) is 5.90. The average Bonchev–Trinajstić information content (AvgIpc) is 2.77. The second-order valence-electron chi connectivity index (χ2n) is 9.17. The van der Waals surface area contributed by atoms with E-state index >= 15 is 0 Å². The first-order valence-electron chi connectivity index (χ1n) is 11.4. The van der Waals surface area contributed by atoms with Gasteiger partial charge in [-0.25, -0.2) is 13.8 Å². The molecule has 0 aliphatic heterocycles. The summed E-state index contributed by atoms with van der Waals surface area (Å²) in [4.78, 5) is 26.0. The van der Waals surface area contributed by atoms with E-state index in [2.05, 4.69) is 5.32 Å². The van der Waals surface area contributed by atoms with Gasteiger partial charge >= 0.3 is 19.3 Å². The molecule has 10 nitrogen and oxygen atoms in total. The number of ether oxygens (including phenoxy) is 2. The summed E-state index contributed by atoms with van der Waals surface area (Å²) in [6.07, 6.45) is -0.184. The summed E-state index contributed by atoms with van der Waals surface area (Å²) in [5.41, 5.74) is 2.25. The number of amides is 2. The number of hydrogen-bond acceptors (Lipinski definition) is 7. The van der Waals surface area contributed by atoms with E-state index in [9.17, 15) is 28.4 Å². The molecule has 1 unspecified atom stereocenters. The number of aryl methyl sites for hydroxylation is 1. The molecule has 2 aromatic carbocycles. The van der Waals surface area contributed by atoms with E-state index in [1.54, 1.807) is 39.0 Å². The maximum absolute atomic E-state index is 12.3. The lowest BCUT2D eigenvalue weighted by molar-refractivity contribution is 0.0283. The number of carbonyl (C=O) groups is 2. The number of benzene rings is 2. The van der Waals surface area contributed by atoms with Gasteiger partial charge in [0.05, 0.1) is 18.0 Å². The molecular formula is C24H33BN2O8S. The molecule has 36 heavy (non-hydrogen) atoms. The van der Waals surface area contributed by atoms with Crippen molar-refractivity contribution in [1.29, 1.82) is 0 Å². The van der Waals surface area contributed by atoms with Crippen molar-refractivity contribution >= 4 is 41.5 Å². The predicted molar refractivity (Wildman–Crippen MR) is 138 cm³/mol. The van der Waals surface area contributed by atoms with E-state index in [1.807, 2.05) is 6.92 Å². The molecule has 0 bridgehead atoms. The Labute approximate surface area is 214 Å². The molecule has 0 radical (unpaired) electrons. The third-order valence-electron chi connectivity index (χ3n) is 5.12. The fourth-order valence-corrected chi connectivity index (χ4v) is 3.93. The number of hydrogen-bond donors (Lipinski definition) is 4. The Kier molecular flexibility index (Phi) is 10.5. The molecule has 0 spiro atoms. The molecule has 0 fully saturated rings. The smallest absolute Gasteiger partial charge is 0.449 e. The summed E-state index contributed by atoms with van der Waals surface area (Å²) in [6, 6.07) is 9.46. The first kappa shape index (κ1) is 29.3. The Hall–Kier alpha value is -2.93. The van der Waals surface area contributed by atoms with Crippen LogP contribution in [0.25, 0.3) is 0 Å². The average molecular weight is 520 g/mol. The molecule has 0 saturated heterocycles. The molecule has 2 amide bonds. The van der Waals surface area contributed by atoms with Crippen molar-refractivity contribution in [2.24, 2.45) is 0 Å². The van der Waals surface area contributed by atoms with Gasteiger partial charge in [-0.3, -0.25) is 5.32 Å². The normalized spacial score (nSPS) is 12.0. The van der Waals surface area contributed by atoms with E-state index in [4.69, 9.17) is 9.47 Å². The van der Waals surface area contributed by atoms with Gasteiger partial charge in [0.1, 0.15) is 5.60 Å². The van der Waals surface area contributed by atoms with Gasteiger partial charge in [-0.15, -0.1) is 0 Å². The number of nitrogens with zero attached hydrogens (tertiary/aromatic N) is 1. The predicted octanol–water partition coefficient (Wildman–Crippen LogP) is 2.67. The van der Waals surface area contributed by atoms with Gasteiger partial charge in [-0.2, -0.15) is 0 Å². The minimum atomic E-state index is -2.30. The zero-order chi connectivity index (χ0) is 27.0.